The monoisotopic (exact) mass is 1100 g/mol. The van der Waals surface area contributed by atoms with E-state index in [1.165, 1.54) is 0 Å². The standard InChI is InChI=1S/C57H74N6O12S2/c1-40(2)49(63-26-6-8-51(63)67)35-56(3,4)77-32-29-73-53(69)59-46-19-11-42(12-20-46)34-44-15-23-48(24-16-44)61-55(71)75-39-57(36-64,37-65)38-74-54(70)60-47-21-13-43(14-22-47)33-41-9-17-45(18-10-41)58-52(68)72-28-31-76-30-27-62-25-5-7-50(62)66/h9-24,40,49,64-65H,5-8,25-39H2,1-4H3,(H,58,68)(H,59,69)(H,60,70)(H,61,71). The Bertz CT molecular complexity index is 2550. The Morgan fingerprint density at radius 1 is 0.571 bits per heavy atom. The number of benzene rings is 4. The highest BCUT2D eigenvalue weighted by atomic mass is 32.2. The summed E-state index contributed by atoms with van der Waals surface area (Å²) >= 11 is 3.38. The molecule has 20 heteroatoms. The lowest BCUT2D eigenvalue weighted by molar-refractivity contribution is -0.130. The molecule has 416 valence electrons. The fourth-order valence-corrected chi connectivity index (χ4v) is 10.5. The molecule has 0 aliphatic carbocycles. The van der Waals surface area contributed by atoms with E-state index < -0.39 is 56.2 Å². The normalized spacial score (nSPS) is 14.1. The zero-order valence-electron chi connectivity index (χ0n) is 44.5. The van der Waals surface area contributed by atoms with Crippen molar-refractivity contribution in [1.29, 1.82) is 0 Å². The Kier molecular flexibility index (Phi) is 23.2. The summed E-state index contributed by atoms with van der Waals surface area (Å²) in [4.78, 5) is 78.4. The molecule has 2 heterocycles. The van der Waals surface area contributed by atoms with Crippen LogP contribution in [0.3, 0.4) is 0 Å². The molecule has 6 rings (SSSR count). The third-order valence-corrected chi connectivity index (χ3v) is 15.5. The highest BCUT2D eigenvalue weighted by molar-refractivity contribution is 8.00. The van der Waals surface area contributed by atoms with Crippen LogP contribution in [0.5, 0.6) is 0 Å². The zero-order valence-corrected chi connectivity index (χ0v) is 46.1. The number of amides is 6. The summed E-state index contributed by atoms with van der Waals surface area (Å²) in [6.45, 7) is 9.40. The maximum atomic E-state index is 12.8. The second kappa shape index (κ2) is 29.9. The number of ether oxygens (including phenoxy) is 4. The van der Waals surface area contributed by atoms with Gasteiger partial charge in [0.2, 0.25) is 11.8 Å². The highest BCUT2D eigenvalue weighted by Gasteiger charge is 2.35. The number of aliphatic hydroxyl groups excluding tert-OH is 2. The second-order valence-corrected chi connectivity index (χ2v) is 23.3. The molecule has 18 nitrogen and oxygen atoms in total. The summed E-state index contributed by atoms with van der Waals surface area (Å²) in [6, 6.07) is 29.3. The van der Waals surface area contributed by atoms with Crippen molar-refractivity contribution in [1.82, 2.24) is 9.80 Å². The Morgan fingerprint density at radius 3 is 1.35 bits per heavy atom. The molecule has 2 aliphatic rings. The van der Waals surface area contributed by atoms with Gasteiger partial charge in [0.25, 0.3) is 0 Å². The van der Waals surface area contributed by atoms with Gasteiger partial charge in [-0.15, -0.1) is 0 Å². The first-order valence-corrected chi connectivity index (χ1v) is 28.3. The highest BCUT2D eigenvalue weighted by Crippen LogP contribution is 2.34. The molecule has 2 aliphatic heterocycles. The van der Waals surface area contributed by atoms with E-state index in [1.807, 2.05) is 58.3 Å². The Balaban J connectivity index is 0.833. The van der Waals surface area contributed by atoms with Crippen molar-refractivity contribution in [3.05, 3.63) is 119 Å². The van der Waals surface area contributed by atoms with E-state index in [1.54, 1.807) is 72.1 Å². The maximum absolute atomic E-state index is 12.8. The van der Waals surface area contributed by atoms with Gasteiger partial charge < -0.3 is 39.0 Å². The lowest BCUT2D eigenvalue weighted by Crippen LogP contribution is -2.43. The molecule has 77 heavy (non-hydrogen) atoms. The third-order valence-electron chi connectivity index (χ3n) is 13.2. The molecule has 0 saturated carbocycles. The van der Waals surface area contributed by atoms with Crippen molar-refractivity contribution >= 4 is 82.5 Å². The van der Waals surface area contributed by atoms with E-state index in [-0.39, 0.29) is 35.8 Å². The van der Waals surface area contributed by atoms with Gasteiger partial charge in [0.05, 0.1) is 18.6 Å². The van der Waals surface area contributed by atoms with Crippen LogP contribution in [0, 0.1) is 11.3 Å². The molecule has 4 aromatic carbocycles. The summed E-state index contributed by atoms with van der Waals surface area (Å²) in [7, 11) is 0. The SMILES string of the molecule is CC(C)C(CC(C)(C)SCCOC(=O)Nc1ccc(Cc2ccc(NC(=O)OCC(CO)(CO)COC(=O)Nc3ccc(Cc4ccc(NC(=O)OCCSCCN5CCCC5=O)cc4)cc3)cc2)cc1)N1CCCC1=O. The van der Waals surface area contributed by atoms with E-state index in [2.05, 4.69) is 49.0 Å². The van der Waals surface area contributed by atoms with Gasteiger partial charge in [0.1, 0.15) is 26.4 Å². The number of rotatable bonds is 28. The number of hydrogen-bond acceptors (Lipinski definition) is 14. The van der Waals surface area contributed by atoms with Gasteiger partial charge in [0.15, 0.2) is 0 Å². The van der Waals surface area contributed by atoms with Crippen LogP contribution >= 0.6 is 23.5 Å². The zero-order chi connectivity index (χ0) is 55.2. The Morgan fingerprint density at radius 2 is 0.974 bits per heavy atom. The largest absolute Gasteiger partial charge is 0.448 e. The Labute approximate surface area is 460 Å². The lowest BCUT2D eigenvalue weighted by Gasteiger charge is -2.37. The van der Waals surface area contributed by atoms with E-state index >= 15 is 0 Å². The van der Waals surface area contributed by atoms with Crippen LogP contribution in [-0.2, 0) is 41.4 Å². The van der Waals surface area contributed by atoms with Crippen LogP contribution in [0.25, 0.3) is 0 Å². The van der Waals surface area contributed by atoms with Crippen molar-refractivity contribution in [2.24, 2.45) is 11.3 Å². The van der Waals surface area contributed by atoms with Crippen LogP contribution in [0.15, 0.2) is 97.1 Å². The number of carbonyl (C=O) groups is 6. The summed E-state index contributed by atoms with van der Waals surface area (Å²) < 4.78 is 21.3. The molecule has 0 bridgehead atoms. The van der Waals surface area contributed by atoms with Crippen molar-refractivity contribution < 1.29 is 57.9 Å². The van der Waals surface area contributed by atoms with E-state index in [4.69, 9.17) is 18.9 Å². The fraction of sp³-hybridized carbons (Fsp3) is 0.474. The molecule has 4 aromatic rings. The number of likely N-dealkylation sites (tertiary alicyclic amines) is 2. The van der Waals surface area contributed by atoms with Gasteiger partial charge >= 0.3 is 24.4 Å². The van der Waals surface area contributed by atoms with Gasteiger partial charge in [-0.3, -0.25) is 30.9 Å². The van der Waals surface area contributed by atoms with Crippen LogP contribution in [0.1, 0.15) is 82.1 Å². The van der Waals surface area contributed by atoms with Crippen LogP contribution < -0.4 is 21.3 Å². The van der Waals surface area contributed by atoms with E-state index in [9.17, 15) is 39.0 Å². The van der Waals surface area contributed by atoms with Crippen LogP contribution in [0.2, 0.25) is 0 Å². The van der Waals surface area contributed by atoms with Gasteiger partial charge in [-0.25, -0.2) is 19.2 Å². The predicted molar refractivity (Wildman–Crippen MR) is 302 cm³/mol. The van der Waals surface area contributed by atoms with Crippen LogP contribution in [-0.4, -0.2) is 144 Å². The Hall–Kier alpha value is -6.48. The molecule has 0 radical (unpaired) electrons. The third kappa shape index (κ3) is 20.1. The minimum Gasteiger partial charge on any atom is -0.448 e. The van der Waals surface area contributed by atoms with Gasteiger partial charge in [0, 0.05) is 83.3 Å². The first-order valence-electron chi connectivity index (χ1n) is 26.1. The molecule has 6 N–H and O–H groups in total. The average Bonchev–Trinajstić information content (AvgIpc) is 4.04. The summed E-state index contributed by atoms with van der Waals surface area (Å²) in [6.07, 6.45) is 2.42. The number of aliphatic hydroxyl groups is 2. The summed E-state index contributed by atoms with van der Waals surface area (Å²) in [5, 5.41) is 31.1. The molecule has 2 fully saturated rings. The molecule has 1 unspecified atom stereocenters. The molecule has 2 saturated heterocycles. The first kappa shape index (κ1) is 59.8. The van der Waals surface area contributed by atoms with Crippen molar-refractivity contribution in [3.63, 3.8) is 0 Å². The number of hydrogen-bond donors (Lipinski definition) is 6. The number of thioether (sulfide) groups is 2. The molecular formula is C57H74N6O12S2. The van der Waals surface area contributed by atoms with Gasteiger partial charge in [-0.2, -0.15) is 23.5 Å². The minimum atomic E-state index is -1.47. The van der Waals surface area contributed by atoms with Crippen LogP contribution in [0.4, 0.5) is 41.9 Å². The molecular weight excluding hydrogens is 1020 g/mol. The second-order valence-electron chi connectivity index (χ2n) is 20.3. The number of nitrogens with zero attached hydrogens (tertiary/aromatic N) is 2. The molecule has 1 atom stereocenters. The minimum absolute atomic E-state index is 0.0915. The van der Waals surface area contributed by atoms with Gasteiger partial charge in [-0.1, -0.05) is 76.2 Å². The van der Waals surface area contributed by atoms with E-state index in [0.29, 0.717) is 65.9 Å². The fourth-order valence-electron chi connectivity index (χ4n) is 8.77. The number of nitrogens with one attached hydrogen (secondary N) is 4. The summed E-state index contributed by atoms with van der Waals surface area (Å²) in [5.74, 6) is 2.89. The van der Waals surface area contributed by atoms with Crippen molar-refractivity contribution in [2.75, 3.05) is 97.8 Å². The molecule has 0 aromatic heterocycles. The summed E-state index contributed by atoms with van der Waals surface area (Å²) in [5.41, 5.74) is 4.55. The topological polar surface area (TPSA) is 234 Å². The van der Waals surface area contributed by atoms with Gasteiger partial charge in [-0.05, 0) is 109 Å². The molecule has 0 spiro atoms. The lowest BCUT2D eigenvalue weighted by atomic mass is 9.92. The smallest absolute Gasteiger partial charge is 0.411 e. The predicted octanol–water partition coefficient (Wildman–Crippen LogP) is 9.64. The number of carbonyl (C=O) groups excluding carboxylic acids is 6. The first-order chi connectivity index (χ1) is 37.0. The van der Waals surface area contributed by atoms with E-state index in [0.717, 1.165) is 66.9 Å². The van der Waals surface area contributed by atoms with Crippen molar-refractivity contribution in [2.45, 2.75) is 83.4 Å². The maximum Gasteiger partial charge on any atom is 0.411 e. The molecule has 6 amide bonds. The number of anilines is 4. The van der Waals surface area contributed by atoms with Crippen molar-refractivity contribution in [3.8, 4) is 0 Å². The quantitative estimate of drug-likeness (QED) is 0.0230. The average molecular weight is 1100 g/mol.